The van der Waals surface area contributed by atoms with Crippen molar-refractivity contribution in [2.24, 2.45) is 0 Å². The van der Waals surface area contributed by atoms with Crippen LogP contribution < -0.4 is 0 Å². The molecule has 0 aliphatic carbocycles. The Morgan fingerprint density at radius 3 is 2.27 bits per heavy atom. The average Bonchev–Trinajstić information content (AvgIpc) is 2.92. The molecule has 0 unspecified atom stereocenters. The highest BCUT2D eigenvalue weighted by atomic mass is 16.4. The van der Waals surface area contributed by atoms with E-state index in [9.17, 15) is 9.90 Å². The molecule has 0 saturated heterocycles. The van der Waals surface area contributed by atoms with Crippen molar-refractivity contribution in [1.29, 1.82) is 0 Å². The molecule has 22 heavy (non-hydrogen) atoms. The number of aryl methyl sites for hydroxylation is 2. The van der Waals surface area contributed by atoms with Gasteiger partial charge in [-0.05, 0) is 55.3 Å². The minimum Gasteiger partial charge on any atom is -0.477 e. The first-order valence-electron chi connectivity index (χ1n) is 6.87. The number of hydrogen-bond acceptors (Lipinski definition) is 3. The molecule has 0 fully saturated rings. The van der Waals surface area contributed by atoms with Crippen LogP contribution in [-0.2, 0) is 0 Å². The molecule has 0 bridgehead atoms. The van der Waals surface area contributed by atoms with Gasteiger partial charge < -0.3 is 5.11 Å². The molecule has 1 aromatic carbocycles. The molecule has 0 atom stereocenters. The first-order chi connectivity index (χ1) is 10.5. The lowest BCUT2D eigenvalue weighted by Gasteiger charge is -2.07. The Labute approximate surface area is 127 Å². The van der Waals surface area contributed by atoms with Crippen molar-refractivity contribution < 1.29 is 9.90 Å². The van der Waals surface area contributed by atoms with E-state index in [1.807, 2.05) is 32.0 Å². The van der Waals surface area contributed by atoms with Crippen molar-refractivity contribution in [1.82, 2.24) is 14.8 Å². The van der Waals surface area contributed by atoms with Crippen LogP contribution in [0.2, 0.25) is 0 Å². The first kappa shape index (κ1) is 14.0. The van der Waals surface area contributed by atoms with Gasteiger partial charge in [0.1, 0.15) is 0 Å². The summed E-state index contributed by atoms with van der Waals surface area (Å²) in [6, 6.07) is 11.1. The molecular formula is C17H15N3O2. The monoisotopic (exact) mass is 293 g/mol. The lowest BCUT2D eigenvalue weighted by atomic mass is 10.1. The van der Waals surface area contributed by atoms with Gasteiger partial charge >= 0.3 is 5.97 Å². The minimum absolute atomic E-state index is 0.136. The maximum Gasteiger partial charge on any atom is 0.354 e. The Bertz CT molecular complexity index is 818. The number of benzene rings is 1. The molecule has 3 rings (SSSR count). The third kappa shape index (κ3) is 2.61. The molecule has 5 nitrogen and oxygen atoms in total. The van der Waals surface area contributed by atoms with E-state index < -0.39 is 5.97 Å². The van der Waals surface area contributed by atoms with E-state index in [4.69, 9.17) is 0 Å². The molecule has 110 valence electrons. The fourth-order valence-corrected chi connectivity index (χ4v) is 2.47. The summed E-state index contributed by atoms with van der Waals surface area (Å²) in [5.41, 5.74) is 4.45. The van der Waals surface area contributed by atoms with Crippen LogP contribution in [0.5, 0.6) is 0 Å². The normalized spacial score (nSPS) is 10.6. The number of nitrogens with zero attached hydrogens (tertiary/aromatic N) is 3. The molecule has 0 saturated carbocycles. The fraction of sp³-hybridized carbons (Fsp3) is 0.118. The number of aromatic nitrogens is 3. The lowest BCUT2D eigenvalue weighted by Crippen LogP contribution is -2.08. The Morgan fingerprint density at radius 2 is 1.68 bits per heavy atom. The summed E-state index contributed by atoms with van der Waals surface area (Å²) in [6.45, 7) is 3.95. The van der Waals surface area contributed by atoms with Crippen LogP contribution in [0.1, 0.15) is 21.6 Å². The van der Waals surface area contributed by atoms with E-state index >= 15 is 0 Å². The number of aromatic carboxylic acids is 1. The third-order valence-corrected chi connectivity index (χ3v) is 3.36. The number of hydrogen-bond donors (Lipinski definition) is 1. The smallest absolute Gasteiger partial charge is 0.354 e. The van der Waals surface area contributed by atoms with Gasteiger partial charge in [-0.15, -0.1) is 0 Å². The minimum atomic E-state index is -1.01. The summed E-state index contributed by atoms with van der Waals surface area (Å²) in [5, 5.41) is 13.9. The summed E-state index contributed by atoms with van der Waals surface area (Å²) in [5.74, 6) is -1.01. The third-order valence-electron chi connectivity index (χ3n) is 3.36. The van der Waals surface area contributed by atoms with E-state index in [2.05, 4.69) is 10.1 Å². The molecule has 5 heteroatoms. The molecule has 0 spiro atoms. The number of pyridine rings is 1. The van der Waals surface area contributed by atoms with Gasteiger partial charge in [-0.1, -0.05) is 6.07 Å². The zero-order valence-electron chi connectivity index (χ0n) is 12.3. The van der Waals surface area contributed by atoms with Crippen LogP contribution in [0.15, 0.2) is 48.8 Å². The van der Waals surface area contributed by atoms with Gasteiger partial charge in [0.15, 0.2) is 5.69 Å². The molecule has 0 radical (unpaired) electrons. The van der Waals surface area contributed by atoms with Crippen molar-refractivity contribution in [3.63, 3.8) is 0 Å². The molecule has 0 aliphatic heterocycles. The Balaban J connectivity index is 2.18. The summed E-state index contributed by atoms with van der Waals surface area (Å²) < 4.78 is 1.47. The zero-order valence-corrected chi connectivity index (χ0v) is 12.3. The van der Waals surface area contributed by atoms with Crippen LogP contribution in [0.4, 0.5) is 0 Å². The second-order valence-corrected chi connectivity index (χ2v) is 5.21. The van der Waals surface area contributed by atoms with Gasteiger partial charge in [0.25, 0.3) is 0 Å². The zero-order chi connectivity index (χ0) is 15.7. The van der Waals surface area contributed by atoms with Crippen LogP contribution >= 0.6 is 0 Å². The van der Waals surface area contributed by atoms with E-state index in [1.54, 1.807) is 30.6 Å². The second kappa shape index (κ2) is 5.44. The van der Waals surface area contributed by atoms with E-state index in [0.717, 1.165) is 22.4 Å². The summed E-state index contributed by atoms with van der Waals surface area (Å²) in [7, 11) is 0. The van der Waals surface area contributed by atoms with Crippen molar-refractivity contribution in [2.45, 2.75) is 13.8 Å². The van der Waals surface area contributed by atoms with Gasteiger partial charge in [0.2, 0.25) is 0 Å². The first-order valence-corrected chi connectivity index (χ1v) is 6.87. The van der Waals surface area contributed by atoms with E-state index in [-0.39, 0.29) is 5.69 Å². The second-order valence-electron chi connectivity index (χ2n) is 5.21. The number of carboxylic acid groups (broad SMARTS) is 1. The summed E-state index contributed by atoms with van der Waals surface area (Å²) in [6.07, 6.45) is 3.32. The number of carbonyl (C=O) groups is 1. The largest absolute Gasteiger partial charge is 0.477 e. The highest BCUT2D eigenvalue weighted by molar-refractivity contribution is 5.88. The highest BCUT2D eigenvalue weighted by Crippen LogP contribution is 2.22. The van der Waals surface area contributed by atoms with Crippen molar-refractivity contribution in [3.8, 4) is 16.9 Å². The molecule has 2 heterocycles. The maximum atomic E-state index is 11.5. The topological polar surface area (TPSA) is 68.0 Å². The van der Waals surface area contributed by atoms with Gasteiger partial charge in [-0.2, -0.15) is 5.10 Å². The van der Waals surface area contributed by atoms with E-state index in [0.29, 0.717) is 5.69 Å². The average molecular weight is 293 g/mol. The molecular weight excluding hydrogens is 278 g/mol. The highest BCUT2D eigenvalue weighted by Gasteiger charge is 2.17. The van der Waals surface area contributed by atoms with Crippen molar-refractivity contribution in [3.05, 3.63) is 65.6 Å². The van der Waals surface area contributed by atoms with Gasteiger partial charge in [-0.3, -0.25) is 4.98 Å². The molecule has 3 aromatic rings. The standard InChI is InChI=1S/C17H15N3O2/c1-11-7-12(2)9-14(8-11)20-16(17(21)22)10-15(19-20)13-3-5-18-6-4-13/h3-10H,1-2H3,(H,21,22). The number of carboxylic acids is 1. The van der Waals surface area contributed by atoms with Crippen LogP contribution in [0.25, 0.3) is 16.9 Å². The quantitative estimate of drug-likeness (QED) is 0.805. The van der Waals surface area contributed by atoms with Gasteiger partial charge in [0.05, 0.1) is 11.4 Å². The van der Waals surface area contributed by atoms with Crippen molar-refractivity contribution >= 4 is 5.97 Å². The van der Waals surface area contributed by atoms with Crippen molar-refractivity contribution in [2.75, 3.05) is 0 Å². The van der Waals surface area contributed by atoms with Crippen LogP contribution in [-0.4, -0.2) is 25.8 Å². The lowest BCUT2D eigenvalue weighted by molar-refractivity contribution is 0.0687. The maximum absolute atomic E-state index is 11.5. The predicted molar refractivity (Wildman–Crippen MR) is 83.2 cm³/mol. The Kier molecular flexibility index (Phi) is 3.47. The predicted octanol–water partition coefficient (Wildman–Crippen LogP) is 3.25. The molecule has 0 aliphatic rings. The molecule has 2 aromatic heterocycles. The summed E-state index contributed by atoms with van der Waals surface area (Å²) in [4.78, 5) is 15.5. The molecule has 0 amide bonds. The summed E-state index contributed by atoms with van der Waals surface area (Å²) >= 11 is 0. The number of rotatable bonds is 3. The SMILES string of the molecule is Cc1cc(C)cc(-n2nc(-c3ccncc3)cc2C(=O)O)c1. The Hall–Kier alpha value is -2.95. The van der Waals surface area contributed by atoms with E-state index in [1.165, 1.54) is 4.68 Å². The van der Waals surface area contributed by atoms with Gasteiger partial charge in [-0.25, -0.2) is 9.48 Å². The van der Waals surface area contributed by atoms with Gasteiger partial charge in [0, 0.05) is 18.0 Å². The van der Waals surface area contributed by atoms with Crippen LogP contribution in [0.3, 0.4) is 0 Å². The van der Waals surface area contributed by atoms with Crippen LogP contribution in [0, 0.1) is 13.8 Å². The fourth-order valence-electron chi connectivity index (χ4n) is 2.47. The molecule has 1 N–H and O–H groups in total. The Morgan fingerprint density at radius 1 is 1.05 bits per heavy atom.